The lowest BCUT2D eigenvalue weighted by Crippen LogP contribution is -2.50. The summed E-state index contributed by atoms with van der Waals surface area (Å²) in [5.74, 6) is -0.490. The Kier molecular flexibility index (Phi) is 5.25. The summed E-state index contributed by atoms with van der Waals surface area (Å²) >= 11 is 0. The van der Waals surface area contributed by atoms with Gasteiger partial charge in [0.1, 0.15) is 0 Å². The number of rotatable bonds is 4. The van der Waals surface area contributed by atoms with Crippen molar-refractivity contribution in [3.8, 4) is 0 Å². The van der Waals surface area contributed by atoms with Gasteiger partial charge < -0.3 is 10.0 Å². The van der Waals surface area contributed by atoms with Gasteiger partial charge in [0.2, 0.25) is 5.91 Å². The van der Waals surface area contributed by atoms with Crippen LogP contribution >= 0.6 is 0 Å². The molecule has 2 rings (SSSR count). The van der Waals surface area contributed by atoms with Gasteiger partial charge in [-0.25, -0.2) is 0 Å². The number of hydrogen-bond acceptors (Lipinski definition) is 3. The number of aliphatic carboxylic acids is 1. The number of carboxylic acids is 1. The first-order valence-electron chi connectivity index (χ1n) is 8.21. The van der Waals surface area contributed by atoms with Crippen molar-refractivity contribution < 1.29 is 14.7 Å². The predicted octanol–water partition coefficient (Wildman–Crippen LogP) is 1.96. The Balaban J connectivity index is 1.85. The van der Waals surface area contributed by atoms with Gasteiger partial charge in [-0.2, -0.15) is 0 Å². The zero-order valence-electron chi connectivity index (χ0n) is 13.3. The Hall–Kier alpha value is -1.10. The first kappa shape index (κ1) is 16.3. The first-order valence-corrected chi connectivity index (χ1v) is 8.21. The minimum Gasteiger partial charge on any atom is -0.481 e. The molecule has 0 spiro atoms. The number of piperidine rings is 2. The third-order valence-electron chi connectivity index (χ3n) is 5.25. The largest absolute Gasteiger partial charge is 0.481 e. The molecular weight excluding hydrogens is 268 g/mol. The molecule has 0 radical (unpaired) electrons. The van der Waals surface area contributed by atoms with Crippen LogP contribution < -0.4 is 0 Å². The van der Waals surface area contributed by atoms with E-state index in [1.165, 1.54) is 6.42 Å². The Labute approximate surface area is 127 Å². The quantitative estimate of drug-likeness (QED) is 0.861. The van der Waals surface area contributed by atoms with Crippen LogP contribution in [0, 0.1) is 5.41 Å². The van der Waals surface area contributed by atoms with Crippen LogP contribution in [0.1, 0.15) is 52.4 Å². The summed E-state index contributed by atoms with van der Waals surface area (Å²) in [5, 5.41) is 9.24. The van der Waals surface area contributed by atoms with Crippen molar-refractivity contribution >= 4 is 11.9 Å². The SMILES string of the molecule is CCC1CCCCN1C(=O)CN1CCC(C)(C(=O)O)CC1. The summed E-state index contributed by atoms with van der Waals surface area (Å²) in [4.78, 5) is 27.9. The lowest BCUT2D eigenvalue weighted by atomic mass is 9.80. The number of nitrogens with zero attached hydrogens (tertiary/aromatic N) is 2. The lowest BCUT2D eigenvalue weighted by Gasteiger charge is -2.39. The molecule has 2 aliphatic rings. The average molecular weight is 296 g/mol. The van der Waals surface area contributed by atoms with Crippen LogP contribution in [0.15, 0.2) is 0 Å². The summed E-state index contributed by atoms with van der Waals surface area (Å²) in [6.45, 7) is 6.71. The Morgan fingerprint density at radius 2 is 1.86 bits per heavy atom. The molecule has 5 heteroatoms. The molecule has 0 bridgehead atoms. The summed E-state index contributed by atoms with van der Waals surface area (Å²) in [5.41, 5.74) is -0.614. The van der Waals surface area contributed by atoms with Crippen molar-refractivity contribution in [2.75, 3.05) is 26.2 Å². The highest BCUT2D eigenvalue weighted by Crippen LogP contribution is 2.31. The van der Waals surface area contributed by atoms with Crippen molar-refractivity contribution in [2.45, 2.75) is 58.4 Å². The van der Waals surface area contributed by atoms with E-state index in [4.69, 9.17) is 0 Å². The maximum atomic E-state index is 12.5. The van der Waals surface area contributed by atoms with Gasteiger partial charge in [-0.3, -0.25) is 14.5 Å². The van der Waals surface area contributed by atoms with E-state index in [0.29, 0.717) is 38.5 Å². The van der Waals surface area contributed by atoms with Crippen LogP contribution in [-0.2, 0) is 9.59 Å². The van der Waals surface area contributed by atoms with Gasteiger partial charge >= 0.3 is 5.97 Å². The molecule has 2 fully saturated rings. The summed E-state index contributed by atoms with van der Waals surface area (Å²) in [7, 11) is 0. The van der Waals surface area contributed by atoms with Crippen molar-refractivity contribution in [3.63, 3.8) is 0 Å². The summed E-state index contributed by atoms with van der Waals surface area (Å²) < 4.78 is 0. The van der Waals surface area contributed by atoms with E-state index >= 15 is 0 Å². The minimum atomic E-state index is -0.712. The monoisotopic (exact) mass is 296 g/mol. The van der Waals surface area contributed by atoms with Crippen molar-refractivity contribution in [1.29, 1.82) is 0 Å². The normalized spacial score (nSPS) is 26.6. The second kappa shape index (κ2) is 6.77. The maximum absolute atomic E-state index is 12.5. The molecule has 0 aromatic carbocycles. The highest BCUT2D eigenvalue weighted by molar-refractivity contribution is 5.79. The number of carboxylic acid groups (broad SMARTS) is 1. The molecule has 0 aromatic rings. The molecule has 1 unspecified atom stereocenters. The molecule has 2 saturated heterocycles. The topological polar surface area (TPSA) is 60.9 Å². The second-order valence-electron chi connectivity index (χ2n) is 6.79. The van der Waals surface area contributed by atoms with Crippen molar-refractivity contribution in [3.05, 3.63) is 0 Å². The Bertz CT molecular complexity index is 389. The molecular formula is C16H28N2O3. The highest BCUT2D eigenvalue weighted by Gasteiger charge is 2.37. The van der Waals surface area contributed by atoms with E-state index in [1.54, 1.807) is 0 Å². The molecule has 0 aliphatic carbocycles. The minimum absolute atomic E-state index is 0.223. The van der Waals surface area contributed by atoms with Gasteiger partial charge in [0, 0.05) is 12.6 Å². The van der Waals surface area contributed by atoms with Gasteiger partial charge in [0.05, 0.1) is 12.0 Å². The van der Waals surface area contributed by atoms with E-state index in [1.807, 2.05) is 6.92 Å². The van der Waals surface area contributed by atoms with Gasteiger partial charge in [0.25, 0.3) is 0 Å². The van der Waals surface area contributed by atoms with E-state index in [9.17, 15) is 14.7 Å². The predicted molar refractivity (Wildman–Crippen MR) is 81.1 cm³/mol. The van der Waals surface area contributed by atoms with Crippen molar-refractivity contribution in [2.24, 2.45) is 5.41 Å². The smallest absolute Gasteiger partial charge is 0.309 e. The van der Waals surface area contributed by atoms with Crippen LogP contribution in [0.4, 0.5) is 0 Å². The molecule has 1 atom stereocenters. The van der Waals surface area contributed by atoms with E-state index in [-0.39, 0.29) is 5.91 Å². The number of likely N-dealkylation sites (tertiary alicyclic amines) is 2. The highest BCUT2D eigenvalue weighted by atomic mass is 16.4. The molecule has 5 nitrogen and oxygen atoms in total. The van der Waals surface area contributed by atoms with Gasteiger partial charge in [-0.1, -0.05) is 6.92 Å². The zero-order chi connectivity index (χ0) is 15.5. The van der Waals surface area contributed by atoms with Gasteiger partial charge in [-0.05, 0) is 58.5 Å². The lowest BCUT2D eigenvalue weighted by molar-refractivity contribution is -0.151. The van der Waals surface area contributed by atoms with Crippen LogP contribution in [-0.4, -0.2) is 59.0 Å². The fraction of sp³-hybridized carbons (Fsp3) is 0.875. The van der Waals surface area contributed by atoms with Crippen LogP contribution in [0.5, 0.6) is 0 Å². The summed E-state index contributed by atoms with van der Waals surface area (Å²) in [6, 6.07) is 0.403. The number of carbonyl (C=O) groups is 2. The van der Waals surface area contributed by atoms with Gasteiger partial charge in [0.15, 0.2) is 0 Å². The van der Waals surface area contributed by atoms with E-state index in [0.717, 1.165) is 25.8 Å². The molecule has 2 heterocycles. The second-order valence-corrected chi connectivity index (χ2v) is 6.79. The fourth-order valence-corrected chi connectivity index (χ4v) is 3.45. The molecule has 0 aromatic heterocycles. The first-order chi connectivity index (χ1) is 9.96. The van der Waals surface area contributed by atoms with E-state index in [2.05, 4.69) is 16.7 Å². The molecule has 1 N–H and O–H groups in total. The van der Waals surface area contributed by atoms with Crippen LogP contribution in [0.2, 0.25) is 0 Å². The molecule has 120 valence electrons. The zero-order valence-corrected chi connectivity index (χ0v) is 13.3. The molecule has 0 saturated carbocycles. The van der Waals surface area contributed by atoms with Crippen LogP contribution in [0.25, 0.3) is 0 Å². The Morgan fingerprint density at radius 1 is 1.19 bits per heavy atom. The van der Waals surface area contributed by atoms with Gasteiger partial charge in [-0.15, -0.1) is 0 Å². The number of carbonyl (C=O) groups excluding carboxylic acids is 1. The standard InChI is InChI=1S/C16H28N2O3/c1-3-13-6-4-5-9-18(13)14(19)12-17-10-7-16(2,8-11-17)15(20)21/h13H,3-12H2,1-2H3,(H,20,21). The number of hydrogen-bond donors (Lipinski definition) is 1. The van der Waals surface area contributed by atoms with E-state index < -0.39 is 11.4 Å². The maximum Gasteiger partial charge on any atom is 0.309 e. The molecule has 21 heavy (non-hydrogen) atoms. The third-order valence-corrected chi connectivity index (χ3v) is 5.25. The van der Waals surface area contributed by atoms with Crippen LogP contribution in [0.3, 0.4) is 0 Å². The molecule has 2 aliphatic heterocycles. The molecule has 1 amide bonds. The average Bonchev–Trinajstić information content (AvgIpc) is 2.49. The van der Waals surface area contributed by atoms with Crippen molar-refractivity contribution in [1.82, 2.24) is 9.80 Å². The number of amides is 1. The summed E-state index contributed by atoms with van der Waals surface area (Å²) in [6.07, 6.45) is 5.75. The Morgan fingerprint density at radius 3 is 2.43 bits per heavy atom. The third kappa shape index (κ3) is 3.76. The fourth-order valence-electron chi connectivity index (χ4n) is 3.45.